The van der Waals surface area contributed by atoms with Crippen molar-refractivity contribution in [3.8, 4) is 5.75 Å². The summed E-state index contributed by atoms with van der Waals surface area (Å²) in [5, 5.41) is 0.463. The van der Waals surface area contributed by atoms with Crippen LogP contribution in [-0.4, -0.2) is 33.4 Å². The van der Waals surface area contributed by atoms with Crippen molar-refractivity contribution < 1.29 is 18.3 Å². The van der Waals surface area contributed by atoms with Crippen LogP contribution in [0.3, 0.4) is 0 Å². The zero-order valence-corrected chi connectivity index (χ0v) is 15.4. The SMILES string of the molecule is CC(C)N(Cc1nc2ccccc2c(=O)[nH]1)C(=O)c1cccc(OC(F)F)c1. The Morgan fingerprint density at radius 2 is 1.93 bits per heavy atom. The molecule has 1 heterocycles. The molecule has 0 aliphatic rings. The molecule has 3 rings (SSSR count). The quantitative estimate of drug-likeness (QED) is 0.702. The van der Waals surface area contributed by atoms with Crippen molar-refractivity contribution in [2.45, 2.75) is 33.0 Å². The number of amides is 1. The molecule has 0 radical (unpaired) electrons. The number of alkyl halides is 2. The third kappa shape index (κ3) is 4.33. The van der Waals surface area contributed by atoms with Gasteiger partial charge in [0, 0.05) is 11.6 Å². The van der Waals surface area contributed by atoms with Gasteiger partial charge in [0.25, 0.3) is 11.5 Å². The second-order valence-corrected chi connectivity index (χ2v) is 6.46. The number of aromatic nitrogens is 2. The highest BCUT2D eigenvalue weighted by atomic mass is 19.3. The summed E-state index contributed by atoms with van der Waals surface area (Å²) in [7, 11) is 0. The van der Waals surface area contributed by atoms with E-state index in [-0.39, 0.29) is 35.4 Å². The molecule has 0 aliphatic carbocycles. The van der Waals surface area contributed by atoms with Gasteiger partial charge >= 0.3 is 6.61 Å². The average molecular weight is 387 g/mol. The molecule has 1 N–H and O–H groups in total. The maximum atomic E-state index is 12.9. The number of ether oxygens (including phenoxy) is 1. The third-order valence-electron chi connectivity index (χ3n) is 4.17. The number of halogens is 2. The second-order valence-electron chi connectivity index (χ2n) is 6.46. The van der Waals surface area contributed by atoms with Gasteiger partial charge in [-0.2, -0.15) is 8.78 Å². The van der Waals surface area contributed by atoms with Gasteiger partial charge in [0.15, 0.2) is 0 Å². The van der Waals surface area contributed by atoms with E-state index in [1.165, 1.54) is 29.2 Å². The first-order valence-corrected chi connectivity index (χ1v) is 8.69. The number of nitrogens with zero attached hydrogens (tertiary/aromatic N) is 2. The van der Waals surface area contributed by atoms with Crippen LogP contribution in [0, 0.1) is 0 Å². The van der Waals surface area contributed by atoms with Crippen LogP contribution in [0.25, 0.3) is 10.9 Å². The van der Waals surface area contributed by atoms with E-state index >= 15 is 0 Å². The Bertz CT molecular complexity index is 1050. The monoisotopic (exact) mass is 387 g/mol. The van der Waals surface area contributed by atoms with Crippen LogP contribution in [0.2, 0.25) is 0 Å². The average Bonchev–Trinajstić information content (AvgIpc) is 2.65. The molecule has 8 heteroatoms. The fourth-order valence-corrected chi connectivity index (χ4v) is 2.83. The molecule has 146 valence electrons. The predicted molar refractivity (Wildman–Crippen MR) is 100 cm³/mol. The molecule has 0 bridgehead atoms. The highest BCUT2D eigenvalue weighted by Crippen LogP contribution is 2.19. The summed E-state index contributed by atoms with van der Waals surface area (Å²) in [4.78, 5) is 33.8. The Morgan fingerprint density at radius 3 is 2.64 bits per heavy atom. The highest BCUT2D eigenvalue weighted by Gasteiger charge is 2.21. The zero-order chi connectivity index (χ0) is 20.3. The molecular weight excluding hydrogens is 368 g/mol. The van der Waals surface area contributed by atoms with Crippen molar-refractivity contribution >= 4 is 16.8 Å². The number of carbonyl (C=O) groups excluding carboxylic acids is 1. The van der Waals surface area contributed by atoms with Gasteiger partial charge in [-0.3, -0.25) is 9.59 Å². The number of H-pyrrole nitrogens is 1. The van der Waals surface area contributed by atoms with Crippen molar-refractivity contribution in [2.75, 3.05) is 0 Å². The molecule has 0 atom stereocenters. The van der Waals surface area contributed by atoms with Crippen molar-refractivity contribution in [2.24, 2.45) is 0 Å². The van der Waals surface area contributed by atoms with E-state index in [2.05, 4.69) is 14.7 Å². The topological polar surface area (TPSA) is 75.3 Å². The van der Waals surface area contributed by atoms with Crippen LogP contribution < -0.4 is 10.3 Å². The van der Waals surface area contributed by atoms with Gasteiger partial charge in [-0.05, 0) is 44.2 Å². The minimum Gasteiger partial charge on any atom is -0.435 e. The molecule has 0 fully saturated rings. The number of fused-ring (bicyclic) bond motifs is 1. The van der Waals surface area contributed by atoms with E-state index < -0.39 is 6.61 Å². The van der Waals surface area contributed by atoms with Crippen molar-refractivity contribution in [3.05, 3.63) is 70.3 Å². The largest absolute Gasteiger partial charge is 0.435 e. The summed E-state index contributed by atoms with van der Waals surface area (Å²) in [6, 6.07) is 12.3. The van der Waals surface area contributed by atoms with Crippen LogP contribution in [0.1, 0.15) is 30.0 Å². The Balaban J connectivity index is 1.90. The Morgan fingerprint density at radius 1 is 1.18 bits per heavy atom. The number of rotatable bonds is 6. The fraction of sp³-hybridized carbons (Fsp3) is 0.250. The summed E-state index contributed by atoms with van der Waals surface area (Å²) >= 11 is 0. The summed E-state index contributed by atoms with van der Waals surface area (Å²) < 4.78 is 29.2. The lowest BCUT2D eigenvalue weighted by Gasteiger charge is -2.26. The fourth-order valence-electron chi connectivity index (χ4n) is 2.83. The van der Waals surface area contributed by atoms with Gasteiger partial charge in [0.05, 0.1) is 17.4 Å². The minimum atomic E-state index is -2.97. The molecule has 1 aromatic heterocycles. The summed E-state index contributed by atoms with van der Waals surface area (Å²) in [6.07, 6.45) is 0. The molecule has 0 aliphatic heterocycles. The molecule has 0 unspecified atom stereocenters. The molecule has 2 aromatic carbocycles. The number of para-hydroxylation sites is 1. The molecule has 6 nitrogen and oxygen atoms in total. The maximum absolute atomic E-state index is 12.9. The van der Waals surface area contributed by atoms with Gasteiger partial charge in [0.2, 0.25) is 0 Å². The lowest BCUT2D eigenvalue weighted by atomic mass is 10.1. The molecule has 28 heavy (non-hydrogen) atoms. The number of benzene rings is 2. The minimum absolute atomic E-state index is 0.0660. The van der Waals surface area contributed by atoms with Gasteiger partial charge < -0.3 is 14.6 Å². The van der Waals surface area contributed by atoms with E-state index in [0.717, 1.165) is 0 Å². The molecule has 0 saturated heterocycles. The van der Waals surface area contributed by atoms with Gasteiger partial charge in [-0.25, -0.2) is 4.98 Å². The van der Waals surface area contributed by atoms with Crippen LogP contribution >= 0.6 is 0 Å². The van der Waals surface area contributed by atoms with E-state index in [4.69, 9.17) is 0 Å². The lowest BCUT2D eigenvalue weighted by molar-refractivity contribution is -0.0499. The van der Waals surface area contributed by atoms with Gasteiger partial charge in [-0.15, -0.1) is 0 Å². The van der Waals surface area contributed by atoms with Crippen molar-refractivity contribution in [1.29, 1.82) is 0 Å². The maximum Gasteiger partial charge on any atom is 0.387 e. The van der Waals surface area contributed by atoms with Gasteiger partial charge in [0.1, 0.15) is 11.6 Å². The predicted octanol–water partition coefficient (Wildman–Crippen LogP) is 3.58. The van der Waals surface area contributed by atoms with Crippen molar-refractivity contribution in [1.82, 2.24) is 14.9 Å². The summed E-state index contributed by atoms with van der Waals surface area (Å²) in [6.45, 7) is 0.724. The summed E-state index contributed by atoms with van der Waals surface area (Å²) in [5.41, 5.74) is 0.448. The van der Waals surface area contributed by atoms with Gasteiger partial charge in [-0.1, -0.05) is 18.2 Å². The number of nitrogens with one attached hydrogen (secondary N) is 1. The number of aromatic amines is 1. The van der Waals surface area contributed by atoms with E-state index in [1.807, 2.05) is 13.8 Å². The summed E-state index contributed by atoms with van der Waals surface area (Å²) in [5.74, 6) is -0.141. The van der Waals surface area contributed by atoms with E-state index in [9.17, 15) is 18.4 Å². The van der Waals surface area contributed by atoms with Crippen LogP contribution in [-0.2, 0) is 6.54 Å². The van der Waals surface area contributed by atoms with Crippen LogP contribution in [0.5, 0.6) is 5.75 Å². The molecule has 0 saturated carbocycles. The Hall–Kier alpha value is -3.29. The van der Waals surface area contributed by atoms with E-state index in [1.54, 1.807) is 24.3 Å². The third-order valence-corrected chi connectivity index (χ3v) is 4.17. The highest BCUT2D eigenvalue weighted by molar-refractivity contribution is 5.94. The Kier molecular flexibility index (Phi) is 5.67. The first-order chi connectivity index (χ1) is 13.3. The van der Waals surface area contributed by atoms with Crippen molar-refractivity contribution in [3.63, 3.8) is 0 Å². The molecule has 3 aromatic rings. The molecule has 1 amide bonds. The smallest absolute Gasteiger partial charge is 0.387 e. The number of carbonyl (C=O) groups is 1. The normalized spacial score (nSPS) is 11.2. The first-order valence-electron chi connectivity index (χ1n) is 8.69. The van der Waals surface area contributed by atoms with Crippen LogP contribution in [0.15, 0.2) is 53.3 Å². The second kappa shape index (κ2) is 8.16. The van der Waals surface area contributed by atoms with Crippen LogP contribution in [0.4, 0.5) is 8.78 Å². The zero-order valence-electron chi connectivity index (χ0n) is 15.4. The van der Waals surface area contributed by atoms with E-state index in [0.29, 0.717) is 16.7 Å². The Labute approximate surface area is 159 Å². The molecular formula is C20H19F2N3O3. The number of hydrogen-bond donors (Lipinski definition) is 1. The first kappa shape index (κ1) is 19.5. The molecule has 0 spiro atoms. The number of hydrogen-bond acceptors (Lipinski definition) is 4. The standard InChI is InChI=1S/C20H19F2N3O3/c1-12(2)25(19(27)13-6-5-7-14(10-13)28-20(21)22)11-17-23-16-9-4-3-8-15(16)18(26)24-17/h3-10,12,20H,11H2,1-2H3,(H,23,24,26). The lowest BCUT2D eigenvalue weighted by Crippen LogP contribution is -2.37.